The van der Waals surface area contributed by atoms with Crippen LogP contribution in [-0.2, 0) is 19.1 Å². The maximum Gasteiger partial charge on any atom is 0.509 e. The molecular weight excluding hydrogens is 482 g/mol. The Bertz CT molecular complexity index is 1280. The molecule has 4 bridgehead atoms. The molecular formula is C31H37NO6. The monoisotopic (exact) mass is 519 g/mol. The standard InChI is InChI=1S/C31H37NO6/c1-29-15-13-23-21-10-11-24(33)27(19-6-8-20(9-7-19)32(2)3)22(21)12-16-30(23)25(29)14-17-31(29,36)26(34)5-4-18-37-28(35)38-30/h6-9,25,36H,4-5,10-18H2,1-3H3/t25?,29-,30?,31-/m0/s1. The zero-order valence-corrected chi connectivity index (χ0v) is 22.6. The fourth-order valence-electron chi connectivity index (χ4n) is 8.34. The normalized spacial score (nSPS) is 35.2. The summed E-state index contributed by atoms with van der Waals surface area (Å²) in [5.41, 5.74) is 3.02. The van der Waals surface area contributed by atoms with Gasteiger partial charge < -0.3 is 19.5 Å². The lowest BCUT2D eigenvalue weighted by molar-refractivity contribution is -0.164. The van der Waals surface area contributed by atoms with Gasteiger partial charge in [0, 0.05) is 49.5 Å². The number of carbonyl (C=O) groups is 3. The topological polar surface area (TPSA) is 93.1 Å². The van der Waals surface area contributed by atoms with Crippen molar-refractivity contribution in [3.63, 3.8) is 0 Å². The Morgan fingerprint density at radius 3 is 2.42 bits per heavy atom. The van der Waals surface area contributed by atoms with E-state index < -0.39 is 22.8 Å². The zero-order chi connectivity index (χ0) is 26.9. The fourth-order valence-corrected chi connectivity index (χ4v) is 8.34. The van der Waals surface area contributed by atoms with Gasteiger partial charge in [-0.05, 0) is 85.8 Å². The molecule has 0 aromatic heterocycles. The molecule has 1 N–H and O–H groups in total. The molecule has 7 heteroatoms. The SMILES string of the molecule is CN(C)c1ccc(C2=C3CCC45OC(=O)OCCCC(=O)[C@@]6(O)CCC4[C@]6(C)CCC5=C3CCC2=O)cc1. The number of allylic oxidation sites excluding steroid dienone is 3. The van der Waals surface area contributed by atoms with Crippen molar-refractivity contribution in [2.75, 3.05) is 25.6 Å². The van der Waals surface area contributed by atoms with Gasteiger partial charge in [0.15, 0.2) is 11.6 Å². The van der Waals surface area contributed by atoms with Crippen LogP contribution in [0.15, 0.2) is 41.0 Å². The van der Waals surface area contributed by atoms with Crippen LogP contribution in [0.5, 0.6) is 0 Å². The quantitative estimate of drug-likeness (QED) is 0.540. The summed E-state index contributed by atoms with van der Waals surface area (Å²) in [7, 11) is 3.98. The predicted octanol–water partition coefficient (Wildman–Crippen LogP) is 5.16. The summed E-state index contributed by atoms with van der Waals surface area (Å²) >= 11 is 0. The van der Waals surface area contributed by atoms with Gasteiger partial charge in [0.05, 0.1) is 6.61 Å². The smallest absolute Gasteiger partial charge is 0.434 e. The number of aliphatic hydroxyl groups is 1. The highest BCUT2D eigenvalue weighted by Crippen LogP contribution is 2.67. The second-order valence-electron chi connectivity index (χ2n) is 12.2. The summed E-state index contributed by atoms with van der Waals surface area (Å²) in [5, 5.41) is 11.8. The molecule has 1 aromatic rings. The number of Topliss-reactive ketones (excluding diaryl/α,β-unsaturated/α-hetero) is 2. The van der Waals surface area contributed by atoms with E-state index in [1.807, 2.05) is 50.2 Å². The number of fused-ring (bicyclic) bond motifs is 1. The number of nitrogens with zero attached hydrogens (tertiary/aromatic N) is 1. The van der Waals surface area contributed by atoms with Crippen LogP contribution in [0.1, 0.15) is 76.7 Å². The average molecular weight is 520 g/mol. The lowest BCUT2D eigenvalue weighted by Gasteiger charge is -2.56. The Morgan fingerprint density at radius 1 is 0.921 bits per heavy atom. The highest BCUT2D eigenvalue weighted by Gasteiger charge is 2.69. The number of anilines is 1. The van der Waals surface area contributed by atoms with Crippen molar-refractivity contribution in [3.8, 4) is 0 Å². The molecule has 2 saturated carbocycles. The van der Waals surface area contributed by atoms with E-state index in [1.165, 1.54) is 0 Å². The Hall–Kier alpha value is -2.93. The van der Waals surface area contributed by atoms with Gasteiger partial charge in [0.2, 0.25) is 0 Å². The molecule has 1 aliphatic heterocycles. The van der Waals surface area contributed by atoms with Gasteiger partial charge in [-0.2, -0.15) is 0 Å². The van der Waals surface area contributed by atoms with Crippen molar-refractivity contribution in [3.05, 3.63) is 46.5 Å². The minimum absolute atomic E-state index is 0.0940. The highest BCUT2D eigenvalue weighted by atomic mass is 16.7. The number of cyclic esters (lactones) is 1. The fraction of sp³-hybridized carbons (Fsp3) is 0.581. The summed E-state index contributed by atoms with van der Waals surface area (Å²) in [6, 6.07) is 8.12. The maximum atomic E-state index is 13.3. The molecule has 1 heterocycles. The Morgan fingerprint density at radius 2 is 1.68 bits per heavy atom. The van der Waals surface area contributed by atoms with Crippen molar-refractivity contribution >= 4 is 29.0 Å². The zero-order valence-electron chi connectivity index (χ0n) is 22.6. The number of benzene rings is 1. The largest absolute Gasteiger partial charge is 0.509 e. The Labute approximate surface area is 223 Å². The van der Waals surface area contributed by atoms with E-state index in [-0.39, 0.29) is 30.5 Å². The number of rotatable bonds is 2. The van der Waals surface area contributed by atoms with Crippen molar-refractivity contribution in [2.24, 2.45) is 11.3 Å². The van der Waals surface area contributed by atoms with Crippen LogP contribution in [0.25, 0.3) is 5.57 Å². The van der Waals surface area contributed by atoms with Crippen LogP contribution < -0.4 is 4.90 Å². The van der Waals surface area contributed by atoms with Crippen LogP contribution in [-0.4, -0.2) is 54.7 Å². The minimum Gasteiger partial charge on any atom is -0.434 e. The van der Waals surface area contributed by atoms with Gasteiger partial charge in [-0.15, -0.1) is 0 Å². The molecule has 2 unspecified atom stereocenters. The molecule has 4 aliphatic carbocycles. The van der Waals surface area contributed by atoms with Crippen molar-refractivity contribution in [1.82, 2.24) is 0 Å². The molecule has 6 rings (SSSR count). The summed E-state index contributed by atoms with van der Waals surface area (Å²) in [4.78, 5) is 41.7. The molecule has 38 heavy (non-hydrogen) atoms. The van der Waals surface area contributed by atoms with Gasteiger partial charge in [0.25, 0.3) is 0 Å². The van der Waals surface area contributed by atoms with E-state index in [0.29, 0.717) is 57.8 Å². The van der Waals surface area contributed by atoms with Crippen LogP contribution in [0.2, 0.25) is 0 Å². The summed E-state index contributed by atoms with van der Waals surface area (Å²) < 4.78 is 11.7. The first-order chi connectivity index (χ1) is 18.1. The molecule has 1 saturated heterocycles. The van der Waals surface area contributed by atoms with Crippen LogP contribution in [0.4, 0.5) is 10.5 Å². The first-order valence-corrected chi connectivity index (χ1v) is 14.0. The van der Waals surface area contributed by atoms with Gasteiger partial charge in [-0.3, -0.25) is 9.59 Å². The third-order valence-corrected chi connectivity index (χ3v) is 10.3. The summed E-state index contributed by atoms with van der Waals surface area (Å²) in [6.07, 6.45) is 4.29. The lowest BCUT2D eigenvalue weighted by atomic mass is 9.52. The molecule has 202 valence electrons. The molecule has 3 fully saturated rings. The second-order valence-corrected chi connectivity index (χ2v) is 12.2. The van der Waals surface area contributed by atoms with E-state index in [1.54, 1.807) is 0 Å². The molecule has 4 atom stereocenters. The first-order valence-electron chi connectivity index (χ1n) is 14.0. The number of ether oxygens (including phenoxy) is 2. The maximum absolute atomic E-state index is 13.3. The number of ketones is 2. The van der Waals surface area contributed by atoms with Crippen LogP contribution >= 0.6 is 0 Å². The number of hydrogen-bond acceptors (Lipinski definition) is 7. The van der Waals surface area contributed by atoms with Gasteiger partial charge in [-0.1, -0.05) is 19.1 Å². The van der Waals surface area contributed by atoms with E-state index in [0.717, 1.165) is 33.5 Å². The van der Waals surface area contributed by atoms with Gasteiger partial charge in [0.1, 0.15) is 11.2 Å². The molecule has 0 amide bonds. The molecule has 0 radical (unpaired) electrons. The number of hydrogen-bond donors (Lipinski definition) is 1. The lowest BCUT2D eigenvalue weighted by Crippen LogP contribution is -2.60. The third kappa shape index (κ3) is 3.47. The van der Waals surface area contributed by atoms with Gasteiger partial charge in [-0.25, -0.2) is 4.79 Å². The minimum atomic E-state index is -1.42. The summed E-state index contributed by atoms with van der Waals surface area (Å²) in [5.74, 6) is -0.176. The second kappa shape index (κ2) is 8.80. The Kier molecular flexibility index (Phi) is 5.87. The first kappa shape index (κ1) is 25.4. The van der Waals surface area contributed by atoms with Gasteiger partial charge >= 0.3 is 6.16 Å². The number of carbonyl (C=O) groups excluding carboxylic acids is 3. The summed E-state index contributed by atoms with van der Waals surface area (Å²) in [6.45, 7) is 2.11. The third-order valence-electron chi connectivity index (χ3n) is 10.3. The molecule has 1 aromatic carbocycles. The molecule has 5 aliphatic rings. The molecule has 1 spiro atoms. The van der Waals surface area contributed by atoms with Crippen molar-refractivity contribution < 1.29 is 29.0 Å². The Balaban J connectivity index is 1.51. The van der Waals surface area contributed by atoms with Crippen LogP contribution in [0.3, 0.4) is 0 Å². The van der Waals surface area contributed by atoms with E-state index in [2.05, 4.69) is 0 Å². The van der Waals surface area contributed by atoms with E-state index in [4.69, 9.17) is 9.47 Å². The van der Waals surface area contributed by atoms with Crippen molar-refractivity contribution in [1.29, 1.82) is 0 Å². The highest BCUT2D eigenvalue weighted by molar-refractivity contribution is 6.23. The van der Waals surface area contributed by atoms with Crippen molar-refractivity contribution in [2.45, 2.75) is 82.3 Å². The van der Waals surface area contributed by atoms with E-state index in [9.17, 15) is 19.5 Å². The van der Waals surface area contributed by atoms with Crippen LogP contribution in [0, 0.1) is 11.3 Å². The predicted molar refractivity (Wildman–Crippen MR) is 143 cm³/mol. The average Bonchev–Trinajstić information content (AvgIpc) is 3.18. The van der Waals surface area contributed by atoms with E-state index >= 15 is 0 Å². The molecule has 7 nitrogen and oxygen atoms in total.